The van der Waals surface area contributed by atoms with Crippen molar-refractivity contribution in [2.45, 2.75) is 95.8 Å². The van der Waals surface area contributed by atoms with Crippen molar-refractivity contribution in [2.75, 3.05) is 0 Å². The third-order valence-corrected chi connectivity index (χ3v) is 5.64. The number of hydrogen-bond donors (Lipinski definition) is 1. The van der Waals surface area contributed by atoms with Gasteiger partial charge in [-0.2, -0.15) is 0 Å². The third kappa shape index (κ3) is 2.74. The summed E-state index contributed by atoms with van der Waals surface area (Å²) in [6.45, 7) is 2.21. The predicted molar refractivity (Wildman–Crippen MR) is 81.3 cm³/mol. The lowest BCUT2D eigenvalue weighted by atomic mass is 10.0. The summed E-state index contributed by atoms with van der Waals surface area (Å²) in [4.78, 5) is 15.1. The van der Waals surface area contributed by atoms with Crippen LogP contribution in [0.2, 0.25) is 0 Å². The number of nitrogens with zero attached hydrogens (tertiary/aromatic N) is 1. The Bertz CT molecular complexity index is 332. The van der Waals surface area contributed by atoms with Gasteiger partial charge in [-0.05, 0) is 38.0 Å². The van der Waals surface area contributed by atoms with Crippen molar-refractivity contribution in [2.24, 2.45) is 5.92 Å². The second-order valence-electron chi connectivity index (χ2n) is 7.03. The van der Waals surface area contributed by atoms with Gasteiger partial charge >= 0.3 is 0 Å². The molecule has 0 aromatic rings. The van der Waals surface area contributed by atoms with Crippen molar-refractivity contribution >= 4 is 5.91 Å². The summed E-state index contributed by atoms with van der Waals surface area (Å²) in [5, 5.41) is 3.72. The summed E-state index contributed by atoms with van der Waals surface area (Å²) in [6.07, 6.45) is 14.2. The third-order valence-electron chi connectivity index (χ3n) is 5.64. The van der Waals surface area contributed by atoms with Crippen LogP contribution < -0.4 is 5.32 Å². The molecule has 3 fully saturated rings. The number of carbonyl (C=O) groups excluding carboxylic acids is 1. The van der Waals surface area contributed by atoms with Gasteiger partial charge in [-0.15, -0.1) is 0 Å². The van der Waals surface area contributed by atoms with Crippen LogP contribution in [0.15, 0.2) is 0 Å². The first kappa shape index (κ1) is 14.4. The summed E-state index contributed by atoms with van der Waals surface area (Å²) in [5.41, 5.74) is 0. The standard InChI is InChI=1S/C17H30N2O/c1-2-3-12-15-17(20)19(14-10-6-7-11-14)16(18-15)13-8-4-5-9-13/h13-16,18H,2-12H2,1H3. The molecule has 114 valence electrons. The van der Waals surface area contributed by atoms with Crippen molar-refractivity contribution in [1.82, 2.24) is 10.2 Å². The highest BCUT2D eigenvalue weighted by Crippen LogP contribution is 2.36. The van der Waals surface area contributed by atoms with Crippen LogP contribution >= 0.6 is 0 Å². The molecule has 1 amide bonds. The van der Waals surface area contributed by atoms with E-state index in [1.54, 1.807) is 0 Å². The highest BCUT2D eigenvalue weighted by Gasteiger charge is 2.45. The van der Waals surface area contributed by atoms with Crippen molar-refractivity contribution in [3.8, 4) is 0 Å². The molecule has 0 spiro atoms. The van der Waals surface area contributed by atoms with Gasteiger partial charge in [0.1, 0.15) is 0 Å². The molecule has 3 heteroatoms. The quantitative estimate of drug-likeness (QED) is 0.835. The molecular weight excluding hydrogens is 248 g/mol. The van der Waals surface area contributed by atoms with E-state index < -0.39 is 0 Å². The number of amides is 1. The molecule has 0 aromatic carbocycles. The fourth-order valence-electron chi connectivity index (χ4n) is 4.52. The predicted octanol–water partition coefficient (Wildman–Crippen LogP) is 3.44. The van der Waals surface area contributed by atoms with Gasteiger partial charge in [-0.25, -0.2) is 0 Å². The van der Waals surface area contributed by atoms with E-state index in [0.717, 1.165) is 6.42 Å². The smallest absolute Gasteiger partial charge is 0.241 e. The lowest BCUT2D eigenvalue weighted by Gasteiger charge is -2.33. The van der Waals surface area contributed by atoms with Crippen LogP contribution in [0.25, 0.3) is 0 Å². The molecular formula is C17H30N2O. The van der Waals surface area contributed by atoms with Crippen LogP contribution in [0.3, 0.4) is 0 Å². The SMILES string of the molecule is CCCCC1NC(C2CCCC2)N(C2CCCC2)C1=O. The van der Waals surface area contributed by atoms with E-state index in [4.69, 9.17) is 0 Å². The van der Waals surface area contributed by atoms with E-state index in [2.05, 4.69) is 17.1 Å². The van der Waals surface area contributed by atoms with Gasteiger partial charge in [0.25, 0.3) is 0 Å². The summed E-state index contributed by atoms with van der Waals surface area (Å²) in [7, 11) is 0. The number of hydrogen-bond acceptors (Lipinski definition) is 2. The molecule has 20 heavy (non-hydrogen) atoms. The molecule has 3 nitrogen and oxygen atoms in total. The first-order valence-electron chi connectivity index (χ1n) is 8.89. The molecule has 3 rings (SSSR count). The summed E-state index contributed by atoms with van der Waals surface area (Å²) < 4.78 is 0. The zero-order chi connectivity index (χ0) is 13.9. The summed E-state index contributed by atoms with van der Waals surface area (Å²) in [6, 6.07) is 0.647. The topological polar surface area (TPSA) is 32.3 Å². The van der Waals surface area contributed by atoms with Crippen LogP contribution in [0.4, 0.5) is 0 Å². The number of nitrogens with one attached hydrogen (secondary N) is 1. The second-order valence-corrected chi connectivity index (χ2v) is 7.03. The van der Waals surface area contributed by atoms with E-state index in [0.29, 0.717) is 24.0 Å². The lowest BCUT2D eigenvalue weighted by molar-refractivity contribution is -0.133. The zero-order valence-corrected chi connectivity index (χ0v) is 12.9. The second kappa shape index (κ2) is 6.46. The first-order valence-corrected chi connectivity index (χ1v) is 8.89. The van der Waals surface area contributed by atoms with Crippen LogP contribution in [0.1, 0.15) is 77.6 Å². The Morgan fingerprint density at radius 2 is 1.75 bits per heavy atom. The Labute approximate surface area is 123 Å². The normalized spacial score (nSPS) is 32.6. The van der Waals surface area contributed by atoms with E-state index in [1.165, 1.54) is 64.2 Å². The fourth-order valence-corrected chi connectivity index (χ4v) is 4.52. The highest BCUT2D eigenvalue weighted by molar-refractivity contribution is 5.84. The van der Waals surface area contributed by atoms with E-state index in [-0.39, 0.29) is 6.04 Å². The van der Waals surface area contributed by atoms with Crippen molar-refractivity contribution < 1.29 is 4.79 Å². The highest BCUT2D eigenvalue weighted by atomic mass is 16.2. The Balaban J connectivity index is 1.72. The molecule has 2 atom stereocenters. The van der Waals surface area contributed by atoms with Crippen LogP contribution in [0.5, 0.6) is 0 Å². The van der Waals surface area contributed by atoms with Gasteiger partial charge in [0.2, 0.25) is 5.91 Å². The molecule has 2 aliphatic carbocycles. The minimum atomic E-state index is 0.112. The fraction of sp³-hybridized carbons (Fsp3) is 0.941. The molecule has 3 aliphatic rings. The molecule has 1 aliphatic heterocycles. The van der Waals surface area contributed by atoms with Crippen LogP contribution in [-0.2, 0) is 4.79 Å². The Morgan fingerprint density at radius 1 is 1.10 bits per heavy atom. The molecule has 0 bridgehead atoms. The maximum Gasteiger partial charge on any atom is 0.241 e. The van der Waals surface area contributed by atoms with Gasteiger partial charge in [0, 0.05) is 6.04 Å². The Hall–Kier alpha value is -0.570. The minimum absolute atomic E-state index is 0.112. The van der Waals surface area contributed by atoms with Gasteiger partial charge in [-0.3, -0.25) is 10.1 Å². The lowest BCUT2D eigenvalue weighted by Crippen LogP contribution is -2.47. The molecule has 1 N–H and O–H groups in total. The maximum absolute atomic E-state index is 12.8. The monoisotopic (exact) mass is 278 g/mol. The van der Waals surface area contributed by atoms with Crippen molar-refractivity contribution in [3.05, 3.63) is 0 Å². The first-order chi connectivity index (χ1) is 9.81. The number of rotatable bonds is 5. The summed E-state index contributed by atoms with van der Waals surface area (Å²) >= 11 is 0. The maximum atomic E-state index is 12.8. The van der Waals surface area contributed by atoms with Gasteiger partial charge in [0.15, 0.2) is 0 Å². The van der Waals surface area contributed by atoms with Crippen LogP contribution in [-0.4, -0.2) is 29.1 Å². The largest absolute Gasteiger partial charge is 0.323 e. The van der Waals surface area contributed by atoms with Gasteiger partial charge in [-0.1, -0.05) is 45.4 Å². The Morgan fingerprint density at radius 3 is 2.40 bits per heavy atom. The van der Waals surface area contributed by atoms with E-state index in [1.807, 2.05) is 0 Å². The minimum Gasteiger partial charge on any atom is -0.323 e. The van der Waals surface area contributed by atoms with Crippen LogP contribution in [0, 0.1) is 5.92 Å². The average Bonchev–Trinajstić information content (AvgIpc) is 3.17. The molecule has 2 saturated carbocycles. The Kier molecular flexibility index (Phi) is 4.65. The molecule has 0 aromatic heterocycles. The number of carbonyl (C=O) groups is 1. The van der Waals surface area contributed by atoms with Gasteiger partial charge < -0.3 is 4.90 Å². The van der Waals surface area contributed by atoms with Gasteiger partial charge in [0.05, 0.1) is 12.2 Å². The van der Waals surface area contributed by atoms with E-state index in [9.17, 15) is 4.79 Å². The zero-order valence-electron chi connectivity index (χ0n) is 12.9. The van der Waals surface area contributed by atoms with E-state index >= 15 is 0 Å². The molecule has 1 heterocycles. The van der Waals surface area contributed by atoms with Crippen molar-refractivity contribution in [3.63, 3.8) is 0 Å². The number of unbranched alkanes of at least 4 members (excludes halogenated alkanes) is 1. The average molecular weight is 278 g/mol. The molecule has 0 radical (unpaired) electrons. The van der Waals surface area contributed by atoms with Crippen molar-refractivity contribution in [1.29, 1.82) is 0 Å². The molecule has 2 unspecified atom stereocenters. The molecule has 1 saturated heterocycles. The summed E-state index contributed by atoms with van der Waals surface area (Å²) in [5.74, 6) is 1.13.